The number of piperazine rings is 3. The molecule has 0 aliphatic carbocycles. The smallest absolute Gasteiger partial charge is 0.0378 e. The average molecular weight is 259 g/mol. The lowest BCUT2D eigenvalue weighted by molar-refractivity contribution is 0.00257. The molecule has 0 amide bonds. The van der Waals surface area contributed by atoms with E-state index in [1.807, 2.05) is 0 Å². The molecule has 104 valence electrons. The van der Waals surface area contributed by atoms with Crippen molar-refractivity contribution in [3.63, 3.8) is 0 Å². The third-order valence-corrected chi connectivity index (χ3v) is 4.78. The Hall–Kier alpha value is -0.900. The maximum Gasteiger partial charge on any atom is 0.0378 e. The number of nitrogens with zero attached hydrogens (tertiary/aromatic N) is 2. The van der Waals surface area contributed by atoms with E-state index in [2.05, 4.69) is 41.8 Å². The van der Waals surface area contributed by atoms with Gasteiger partial charge in [0.1, 0.15) is 0 Å². The van der Waals surface area contributed by atoms with E-state index in [1.165, 1.54) is 42.9 Å². The third kappa shape index (κ3) is 2.69. The van der Waals surface area contributed by atoms with Gasteiger partial charge in [-0.05, 0) is 31.4 Å². The van der Waals surface area contributed by atoms with Crippen molar-refractivity contribution in [3.8, 4) is 0 Å². The first-order valence-electron chi connectivity index (χ1n) is 7.41. The first kappa shape index (κ1) is 13.1. The molecule has 0 aromatic heterocycles. The molecule has 4 rings (SSSR count). The molecule has 19 heavy (non-hydrogen) atoms. The maximum absolute atomic E-state index is 6.52. The number of fused-ring (bicyclic) bond motifs is 3. The molecule has 3 nitrogen and oxygen atoms in total. The molecule has 0 spiro atoms. The van der Waals surface area contributed by atoms with Gasteiger partial charge in [-0.2, -0.15) is 0 Å². The number of hydrogen-bond acceptors (Lipinski definition) is 3. The van der Waals surface area contributed by atoms with Crippen molar-refractivity contribution in [2.24, 2.45) is 5.73 Å². The predicted octanol–water partition coefficient (Wildman–Crippen LogP) is 1.17. The van der Waals surface area contributed by atoms with Crippen LogP contribution in [-0.4, -0.2) is 54.6 Å². The molecule has 0 radical (unpaired) electrons. The molecule has 1 aromatic carbocycles. The van der Waals surface area contributed by atoms with E-state index in [-0.39, 0.29) is 6.04 Å². The number of benzene rings is 1. The monoisotopic (exact) mass is 259 g/mol. The highest BCUT2D eigenvalue weighted by Crippen LogP contribution is 2.21. The van der Waals surface area contributed by atoms with Gasteiger partial charge in [0.2, 0.25) is 0 Å². The van der Waals surface area contributed by atoms with Crippen molar-refractivity contribution in [2.45, 2.75) is 32.4 Å². The molecule has 0 saturated carbocycles. The van der Waals surface area contributed by atoms with Crippen molar-refractivity contribution >= 4 is 0 Å². The number of hydrogen-bond donors (Lipinski definition) is 1. The van der Waals surface area contributed by atoms with Crippen molar-refractivity contribution in [1.82, 2.24) is 9.80 Å². The first-order valence-corrected chi connectivity index (χ1v) is 7.41. The molecule has 3 fully saturated rings. The van der Waals surface area contributed by atoms with E-state index >= 15 is 0 Å². The zero-order valence-corrected chi connectivity index (χ0v) is 12.1. The fraction of sp³-hybridized carbons (Fsp3) is 0.625. The SMILES string of the molecule is Cc1ccc(C)c(CC(N)C2CN3CCN2CC3)c1. The van der Waals surface area contributed by atoms with Crippen LogP contribution in [0, 0.1) is 13.8 Å². The Kier molecular flexibility index (Phi) is 3.61. The van der Waals surface area contributed by atoms with Crippen LogP contribution in [0.25, 0.3) is 0 Å². The van der Waals surface area contributed by atoms with Crippen LogP contribution in [0.15, 0.2) is 18.2 Å². The van der Waals surface area contributed by atoms with Crippen LogP contribution in [0.3, 0.4) is 0 Å². The van der Waals surface area contributed by atoms with Gasteiger partial charge in [0.25, 0.3) is 0 Å². The molecule has 3 heterocycles. The summed E-state index contributed by atoms with van der Waals surface area (Å²) in [6.07, 6.45) is 1.00. The van der Waals surface area contributed by atoms with Gasteiger partial charge in [-0.3, -0.25) is 9.80 Å². The quantitative estimate of drug-likeness (QED) is 0.884. The normalized spacial score (nSPS) is 31.4. The summed E-state index contributed by atoms with van der Waals surface area (Å²) in [7, 11) is 0. The molecule has 3 heteroatoms. The Labute approximate surface area is 116 Å². The Morgan fingerprint density at radius 3 is 2.58 bits per heavy atom. The van der Waals surface area contributed by atoms with Crippen LogP contribution in [-0.2, 0) is 6.42 Å². The Morgan fingerprint density at radius 1 is 1.21 bits per heavy atom. The molecule has 3 saturated heterocycles. The zero-order valence-electron chi connectivity index (χ0n) is 12.1. The highest BCUT2D eigenvalue weighted by molar-refractivity contribution is 5.31. The summed E-state index contributed by atoms with van der Waals surface area (Å²) in [5.74, 6) is 0. The van der Waals surface area contributed by atoms with E-state index in [0.717, 1.165) is 13.0 Å². The topological polar surface area (TPSA) is 32.5 Å². The summed E-state index contributed by atoms with van der Waals surface area (Å²) in [5.41, 5.74) is 10.6. The van der Waals surface area contributed by atoms with Crippen LogP contribution in [0.2, 0.25) is 0 Å². The second kappa shape index (κ2) is 5.23. The minimum atomic E-state index is 0.253. The first-order chi connectivity index (χ1) is 9.13. The second-order valence-electron chi connectivity index (χ2n) is 6.20. The van der Waals surface area contributed by atoms with Gasteiger partial charge in [0, 0.05) is 44.8 Å². The molecule has 2 atom stereocenters. The van der Waals surface area contributed by atoms with Crippen LogP contribution in [0.5, 0.6) is 0 Å². The maximum atomic E-state index is 6.52. The van der Waals surface area contributed by atoms with Crippen LogP contribution in [0.4, 0.5) is 0 Å². The predicted molar refractivity (Wildman–Crippen MR) is 79.4 cm³/mol. The van der Waals surface area contributed by atoms with Gasteiger partial charge >= 0.3 is 0 Å². The summed E-state index contributed by atoms with van der Waals surface area (Å²) in [4.78, 5) is 5.16. The minimum Gasteiger partial charge on any atom is -0.326 e. The van der Waals surface area contributed by atoms with Gasteiger partial charge in [0.15, 0.2) is 0 Å². The molecule has 2 bridgehead atoms. The molecule has 2 N–H and O–H groups in total. The summed E-state index contributed by atoms with van der Waals surface area (Å²) >= 11 is 0. The molecule has 3 aliphatic rings. The lowest BCUT2D eigenvalue weighted by Gasteiger charge is -2.49. The fourth-order valence-corrected chi connectivity index (χ4v) is 3.47. The fourth-order valence-electron chi connectivity index (χ4n) is 3.47. The largest absolute Gasteiger partial charge is 0.326 e. The van der Waals surface area contributed by atoms with E-state index < -0.39 is 0 Å². The van der Waals surface area contributed by atoms with E-state index in [9.17, 15) is 0 Å². The number of rotatable bonds is 3. The van der Waals surface area contributed by atoms with Gasteiger partial charge < -0.3 is 5.73 Å². The highest BCUT2D eigenvalue weighted by atomic mass is 15.3. The van der Waals surface area contributed by atoms with Crippen molar-refractivity contribution in [3.05, 3.63) is 34.9 Å². The summed E-state index contributed by atoms with van der Waals surface area (Å²) in [6.45, 7) is 10.4. The highest BCUT2D eigenvalue weighted by Gasteiger charge is 2.35. The molecule has 2 unspecified atom stereocenters. The summed E-state index contributed by atoms with van der Waals surface area (Å²) in [5, 5.41) is 0. The summed E-state index contributed by atoms with van der Waals surface area (Å²) in [6, 6.07) is 7.49. The van der Waals surface area contributed by atoms with E-state index in [1.54, 1.807) is 0 Å². The number of aryl methyl sites for hydroxylation is 2. The Bertz CT molecular complexity index is 449. The minimum absolute atomic E-state index is 0.253. The van der Waals surface area contributed by atoms with Gasteiger partial charge in [-0.15, -0.1) is 0 Å². The van der Waals surface area contributed by atoms with Crippen molar-refractivity contribution in [2.75, 3.05) is 32.7 Å². The molecular formula is C16H25N3. The average Bonchev–Trinajstić information content (AvgIpc) is 2.44. The van der Waals surface area contributed by atoms with E-state index in [0.29, 0.717) is 6.04 Å². The molecule has 3 aliphatic heterocycles. The third-order valence-electron chi connectivity index (χ3n) is 4.78. The zero-order chi connectivity index (χ0) is 13.4. The number of nitrogens with two attached hydrogens (primary N) is 1. The van der Waals surface area contributed by atoms with Crippen LogP contribution < -0.4 is 5.73 Å². The lowest BCUT2D eigenvalue weighted by Crippen LogP contribution is -2.66. The lowest BCUT2D eigenvalue weighted by atomic mass is 9.92. The Balaban J connectivity index is 1.71. The van der Waals surface area contributed by atoms with E-state index in [4.69, 9.17) is 5.73 Å². The molecule has 1 aromatic rings. The van der Waals surface area contributed by atoms with Gasteiger partial charge in [0.05, 0.1) is 0 Å². The van der Waals surface area contributed by atoms with Gasteiger partial charge in [-0.1, -0.05) is 23.8 Å². The summed E-state index contributed by atoms with van der Waals surface area (Å²) < 4.78 is 0. The Morgan fingerprint density at radius 2 is 1.95 bits per heavy atom. The molecular weight excluding hydrogens is 234 g/mol. The van der Waals surface area contributed by atoms with Crippen LogP contribution in [0.1, 0.15) is 16.7 Å². The van der Waals surface area contributed by atoms with Crippen molar-refractivity contribution in [1.29, 1.82) is 0 Å². The standard InChI is InChI=1S/C16H25N3/c1-12-3-4-13(2)14(9-12)10-15(17)16-11-18-5-7-19(16)8-6-18/h3-4,9,15-16H,5-8,10-11,17H2,1-2H3. The second-order valence-corrected chi connectivity index (χ2v) is 6.20. The van der Waals surface area contributed by atoms with Crippen LogP contribution >= 0.6 is 0 Å². The van der Waals surface area contributed by atoms with Crippen molar-refractivity contribution < 1.29 is 0 Å². The van der Waals surface area contributed by atoms with Gasteiger partial charge in [-0.25, -0.2) is 0 Å².